The van der Waals surface area contributed by atoms with Crippen molar-refractivity contribution in [2.45, 2.75) is 0 Å². The fourth-order valence-corrected chi connectivity index (χ4v) is 7.24. The van der Waals surface area contributed by atoms with Crippen LogP contribution in [0.15, 0.2) is 164 Å². The average molecular weight is 586 g/mol. The zero-order valence-corrected chi connectivity index (χ0v) is 24.9. The molecule has 46 heavy (non-hydrogen) atoms. The van der Waals surface area contributed by atoms with Gasteiger partial charge >= 0.3 is 0 Å². The van der Waals surface area contributed by atoms with Crippen LogP contribution in [0.2, 0.25) is 0 Å². The quantitative estimate of drug-likeness (QED) is 0.202. The number of benzene rings is 7. The van der Waals surface area contributed by atoms with Gasteiger partial charge < -0.3 is 9.13 Å². The van der Waals surface area contributed by atoms with Crippen molar-refractivity contribution in [3.63, 3.8) is 0 Å². The third kappa shape index (κ3) is 3.84. The lowest BCUT2D eigenvalue weighted by atomic mass is 9.91. The van der Waals surface area contributed by atoms with E-state index < -0.39 is 0 Å². The van der Waals surface area contributed by atoms with Gasteiger partial charge in [-0.05, 0) is 71.3 Å². The van der Waals surface area contributed by atoms with Crippen LogP contribution in [0.25, 0.3) is 77.2 Å². The monoisotopic (exact) mass is 585 g/mol. The molecule has 3 nitrogen and oxygen atoms in total. The average Bonchev–Trinajstić information content (AvgIpc) is 3.65. The van der Waals surface area contributed by atoms with Crippen LogP contribution in [-0.2, 0) is 0 Å². The number of hydrogen-bond acceptors (Lipinski definition) is 1. The molecule has 0 saturated heterocycles. The van der Waals surface area contributed by atoms with E-state index in [9.17, 15) is 5.26 Å². The van der Waals surface area contributed by atoms with Gasteiger partial charge in [0.25, 0.3) is 0 Å². The highest BCUT2D eigenvalue weighted by molar-refractivity contribution is 6.17. The molecule has 0 amide bonds. The van der Waals surface area contributed by atoms with E-state index in [1.807, 2.05) is 24.3 Å². The second-order valence-electron chi connectivity index (χ2n) is 11.6. The second-order valence-corrected chi connectivity index (χ2v) is 11.6. The Morgan fingerprint density at radius 3 is 1.50 bits per heavy atom. The normalized spacial score (nSPS) is 11.5. The number of hydrogen-bond donors (Lipinski definition) is 0. The van der Waals surface area contributed by atoms with Crippen LogP contribution in [0, 0.1) is 11.3 Å². The molecule has 0 saturated carbocycles. The summed E-state index contributed by atoms with van der Waals surface area (Å²) in [5.74, 6) is 0. The first-order chi connectivity index (χ1) is 22.8. The third-order valence-corrected chi connectivity index (χ3v) is 9.18. The molecule has 3 heteroatoms. The Morgan fingerprint density at radius 1 is 0.370 bits per heavy atom. The lowest BCUT2D eigenvalue weighted by Gasteiger charge is -2.17. The van der Waals surface area contributed by atoms with Gasteiger partial charge in [-0.25, -0.2) is 0 Å². The molecule has 2 heterocycles. The Bertz CT molecular complexity index is 2590. The maximum absolute atomic E-state index is 9.41. The Hall–Kier alpha value is -6.37. The molecule has 0 bridgehead atoms. The lowest BCUT2D eigenvalue weighted by Crippen LogP contribution is -1.98. The van der Waals surface area contributed by atoms with Crippen molar-refractivity contribution in [2.75, 3.05) is 0 Å². The maximum Gasteiger partial charge on any atom is 0.0991 e. The predicted molar refractivity (Wildman–Crippen MR) is 191 cm³/mol. The molecule has 0 spiro atoms. The van der Waals surface area contributed by atoms with Crippen molar-refractivity contribution in [2.24, 2.45) is 0 Å². The van der Waals surface area contributed by atoms with Crippen LogP contribution < -0.4 is 0 Å². The SMILES string of the molecule is N#Cc1ccc(-n2c3ccccc3c3c(-c4ccccc4-c4ccccc4-n4c5ccccc5c5ccccc54)cccc32)cc1. The number of para-hydroxylation sites is 4. The fourth-order valence-electron chi connectivity index (χ4n) is 7.24. The predicted octanol–water partition coefficient (Wildman–Crippen LogP) is 11.1. The third-order valence-electron chi connectivity index (χ3n) is 9.18. The molecule has 0 aliphatic heterocycles. The lowest BCUT2D eigenvalue weighted by molar-refractivity contribution is 1.18. The van der Waals surface area contributed by atoms with Crippen LogP contribution >= 0.6 is 0 Å². The van der Waals surface area contributed by atoms with Gasteiger partial charge in [0, 0.05) is 32.8 Å². The summed E-state index contributed by atoms with van der Waals surface area (Å²) in [6, 6.07) is 60.2. The first-order valence-corrected chi connectivity index (χ1v) is 15.5. The highest BCUT2D eigenvalue weighted by Crippen LogP contribution is 2.43. The maximum atomic E-state index is 9.41. The van der Waals surface area contributed by atoms with E-state index in [4.69, 9.17) is 0 Å². The van der Waals surface area contributed by atoms with Crippen LogP contribution in [0.1, 0.15) is 5.56 Å². The minimum Gasteiger partial charge on any atom is -0.309 e. The van der Waals surface area contributed by atoms with E-state index in [0.29, 0.717) is 5.56 Å². The molecule has 214 valence electrons. The van der Waals surface area contributed by atoms with Gasteiger partial charge in [-0.15, -0.1) is 0 Å². The molecule has 9 aromatic rings. The molecule has 9 rings (SSSR count). The molecular formula is C43H27N3. The molecule has 0 aliphatic rings. The summed E-state index contributed by atoms with van der Waals surface area (Å²) < 4.78 is 4.72. The van der Waals surface area contributed by atoms with Crippen LogP contribution in [0.3, 0.4) is 0 Å². The molecular weight excluding hydrogens is 558 g/mol. The number of fused-ring (bicyclic) bond motifs is 6. The molecule has 0 fully saturated rings. The van der Waals surface area contributed by atoms with Gasteiger partial charge in [-0.2, -0.15) is 5.26 Å². The van der Waals surface area contributed by atoms with E-state index >= 15 is 0 Å². The number of nitriles is 1. The van der Waals surface area contributed by atoms with Gasteiger partial charge in [0.1, 0.15) is 0 Å². The van der Waals surface area contributed by atoms with Crippen molar-refractivity contribution in [3.8, 4) is 39.7 Å². The summed E-state index contributed by atoms with van der Waals surface area (Å²) >= 11 is 0. The summed E-state index contributed by atoms with van der Waals surface area (Å²) in [5, 5.41) is 14.3. The first kappa shape index (κ1) is 26.1. The molecule has 0 N–H and O–H groups in total. The van der Waals surface area contributed by atoms with Gasteiger partial charge in [0.15, 0.2) is 0 Å². The van der Waals surface area contributed by atoms with Gasteiger partial charge in [-0.1, -0.05) is 109 Å². The molecule has 0 aliphatic carbocycles. The van der Waals surface area contributed by atoms with Crippen LogP contribution in [-0.4, -0.2) is 9.13 Å². The summed E-state index contributed by atoms with van der Waals surface area (Å²) in [6.07, 6.45) is 0. The van der Waals surface area contributed by atoms with Crippen molar-refractivity contribution in [3.05, 3.63) is 169 Å². The Morgan fingerprint density at radius 2 is 0.848 bits per heavy atom. The minimum atomic E-state index is 0.654. The highest BCUT2D eigenvalue weighted by Gasteiger charge is 2.20. The van der Waals surface area contributed by atoms with E-state index in [-0.39, 0.29) is 0 Å². The molecule has 2 aromatic heterocycles. The Balaban J connectivity index is 1.32. The summed E-state index contributed by atoms with van der Waals surface area (Å²) in [5.41, 5.74) is 12.2. The zero-order valence-electron chi connectivity index (χ0n) is 24.9. The molecule has 0 unspecified atom stereocenters. The molecule has 0 atom stereocenters. The van der Waals surface area contributed by atoms with Crippen molar-refractivity contribution in [1.82, 2.24) is 9.13 Å². The minimum absolute atomic E-state index is 0.654. The topological polar surface area (TPSA) is 33.6 Å². The zero-order chi connectivity index (χ0) is 30.6. The molecule has 0 radical (unpaired) electrons. The Kier molecular flexibility index (Phi) is 5.88. The van der Waals surface area contributed by atoms with Gasteiger partial charge in [0.05, 0.1) is 39.4 Å². The number of rotatable bonds is 4. The van der Waals surface area contributed by atoms with E-state index in [1.165, 1.54) is 54.8 Å². The van der Waals surface area contributed by atoms with Gasteiger partial charge in [0.2, 0.25) is 0 Å². The second kappa shape index (κ2) is 10.4. The largest absolute Gasteiger partial charge is 0.309 e. The highest BCUT2D eigenvalue weighted by atomic mass is 15.0. The van der Waals surface area contributed by atoms with E-state index in [2.05, 4.69) is 155 Å². The fraction of sp³-hybridized carbons (Fsp3) is 0. The van der Waals surface area contributed by atoms with Gasteiger partial charge in [-0.3, -0.25) is 0 Å². The van der Waals surface area contributed by atoms with Crippen LogP contribution in [0.5, 0.6) is 0 Å². The standard InChI is InChI=1S/C43H27N3/c44-28-29-24-26-30(27-25-29)45-41-22-10-6-17-37(41)43-36(18-11-23-42(43)45)32-13-2-1-12-31(32)33-14-3-7-19-38(33)46-39-20-8-4-15-34(39)35-16-5-9-21-40(35)46/h1-27H. The van der Waals surface area contributed by atoms with E-state index in [0.717, 1.165) is 22.4 Å². The summed E-state index contributed by atoms with van der Waals surface area (Å²) in [7, 11) is 0. The van der Waals surface area contributed by atoms with Crippen molar-refractivity contribution < 1.29 is 0 Å². The smallest absolute Gasteiger partial charge is 0.0991 e. The number of nitrogens with zero attached hydrogens (tertiary/aromatic N) is 3. The Labute approximate surface area is 266 Å². The van der Waals surface area contributed by atoms with Crippen molar-refractivity contribution in [1.29, 1.82) is 5.26 Å². The molecule has 7 aromatic carbocycles. The van der Waals surface area contributed by atoms with Crippen LogP contribution in [0.4, 0.5) is 0 Å². The van der Waals surface area contributed by atoms with E-state index in [1.54, 1.807) is 0 Å². The summed E-state index contributed by atoms with van der Waals surface area (Å²) in [6.45, 7) is 0. The number of aromatic nitrogens is 2. The first-order valence-electron chi connectivity index (χ1n) is 15.5. The van der Waals surface area contributed by atoms with Crippen molar-refractivity contribution >= 4 is 43.6 Å². The summed E-state index contributed by atoms with van der Waals surface area (Å²) in [4.78, 5) is 0.